The van der Waals surface area contributed by atoms with Crippen molar-refractivity contribution >= 4 is 5.97 Å². The van der Waals surface area contributed by atoms with Gasteiger partial charge in [-0.1, -0.05) is 25.8 Å². The minimum absolute atomic E-state index is 0.129. The lowest BCUT2D eigenvalue weighted by molar-refractivity contribution is -0.141. The molecule has 0 unspecified atom stereocenters. The molecule has 70 valence electrons. The molecule has 0 atom stereocenters. The van der Waals surface area contributed by atoms with Crippen LogP contribution in [0.5, 0.6) is 0 Å². The van der Waals surface area contributed by atoms with Crippen LogP contribution in [0, 0.1) is 0 Å². The summed E-state index contributed by atoms with van der Waals surface area (Å²) in [4.78, 5) is 10.7. The first-order valence-electron chi connectivity index (χ1n) is 4.52. The molecule has 12 heavy (non-hydrogen) atoms. The summed E-state index contributed by atoms with van der Waals surface area (Å²) in [6.07, 6.45) is 4.66. The molecule has 0 saturated carbocycles. The molecule has 0 rings (SSSR count). The first-order valence-corrected chi connectivity index (χ1v) is 4.52. The standard InChI is InChI=1S/C10H18O2/c1-4-6-9(3)7-8-12-10(11)5-2/h7H,4-6,8H2,1-3H3/b9-7+. The molecule has 2 heteroatoms. The first-order chi connectivity index (χ1) is 5.70. The zero-order chi connectivity index (χ0) is 9.40. The van der Waals surface area contributed by atoms with Crippen molar-refractivity contribution in [3.63, 3.8) is 0 Å². The Hall–Kier alpha value is -0.790. The zero-order valence-electron chi connectivity index (χ0n) is 8.22. The highest BCUT2D eigenvalue weighted by Crippen LogP contribution is 2.02. The average Bonchev–Trinajstić information content (AvgIpc) is 2.04. The van der Waals surface area contributed by atoms with E-state index in [1.54, 1.807) is 6.92 Å². The Kier molecular flexibility index (Phi) is 6.44. The van der Waals surface area contributed by atoms with Crippen LogP contribution in [0.1, 0.15) is 40.0 Å². The molecule has 0 bridgehead atoms. The van der Waals surface area contributed by atoms with Gasteiger partial charge in [-0.2, -0.15) is 0 Å². The second-order valence-corrected chi connectivity index (χ2v) is 2.84. The third-order valence-electron chi connectivity index (χ3n) is 1.61. The van der Waals surface area contributed by atoms with Crippen LogP contribution >= 0.6 is 0 Å². The van der Waals surface area contributed by atoms with Crippen LogP contribution < -0.4 is 0 Å². The largest absolute Gasteiger partial charge is 0.461 e. The van der Waals surface area contributed by atoms with Crippen molar-refractivity contribution in [1.82, 2.24) is 0 Å². The van der Waals surface area contributed by atoms with E-state index in [0.29, 0.717) is 13.0 Å². The molecule has 0 heterocycles. The summed E-state index contributed by atoms with van der Waals surface area (Å²) in [7, 11) is 0. The molecule has 0 aromatic heterocycles. The van der Waals surface area contributed by atoms with Crippen LogP contribution in [-0.2, 0) is 9.53 Å². The Labute approximate surface area is 74.6 Å². The van der Waals surface area contributed by atoms with Gasteiger partial charge in [-0.15, -0.1) is 0 Å². The van der Waals surface area contributed by atoms with Crippen LogP contribution in [0.4, 0.5) is 0 Å². The Balaban J connectivity index is 3.52. The quantitative estimate of drug-likeness (QED) is 0.468. The number of hydrogen-bond donors (Lipinski definition) is 0. The molecule has 0 amide bonds. The van der Waals surface area contributed by atoms with Crippen molar-refractivity contribution in [3.8, 4) is 0 Å². The highest BCUT2D eigenvalue weighted by molar-refractivity contribution is 5.68. The van der Waals surface area contributed by atoms with Gasteiger partial charge in [0.25, 0.3) is 0 Å². The number of esters is 1. The number of allylic oxidation sites excluding steroid dienone is 1. The van der Waals surface area contributed by atoms with Crippen LogP contribution in [-0.4, -0.2) is 12.6 Å². The molecule has 0 aromatic carbocycles. The third kappa shape index (κ3) is 5.96. The SMILES string of the molecule is CCC/C(C)=C/COC(=O)CC. The summed E-state index contributed by atoms with van der Waals surface area (Å²) in [6, 6.07) is 0. The van der Waals surface area contributed by atoms with Gasteiger partial charge in [0.15, 0.2) is 0 Å². The van der Waals surface area contributed by atoms with E-state index in [-0.39, 0.29) is 5.97 Å². The molecular formula is C10H18O2. The van der Waals surface area contributed by atoms with Crippen molar-refractivity contribution < 1.29 is 9.53 Å². The van der Waals surface area contributed by atoms with Gasteiger partial charge in [0.1, 0.15) is 6.61 Å². The predicted molar refractivity (Wildman–Crippen MR) is 49.9 cm³/mol. The zero-order valence-corrected chi connectivity index (χ0v) is 8.22. The van der Waals surface area contributed by atoms with Gasteiger partial charge in [0.2, 0.25) is 0 Å². The summed E-state index contributed by atoms with van der Waals surface area (Å²) in [5.74, 6) is -0.129. The maximum atomic E-state index is 10.7. The molecule has 0 aliphatic heterocycles. The number of carbonyl (C=O) groups is 1. The lowest BCUT2D eigenvalue weighted by Gasteiger charge is -2.00. The van der Waals surface area contributed by atoms with E-state index in [2.05, 4.69) is 13.8 Å². The van der Waals surface area contributed by atoms with Crippen LogP contribution in [0.2, 0.25) is 0 Å². The average molecular weight is 170 g/mol. The normalized spacial score (nSPS) is 11.4. The molecule has 2 nitrogen and oxygen atoms in total. The highest BCUT2D eigenvalue weighted by atomic mass is 16.5. The molecule has 0 radical (unpaired) electrons. The van der Waals surface area contributed by atoms with Gasteiger partial charge in [-0.3, -0.25) is 4.79 Å². The van der Waals surface area contributed by atoms with Gasteiger partial charge in [0, 0.05) is 6.42 Å². The third-order valence-corrected chi connectivity index (χ3v) is 1.61. The number of rotatable bonds is 5. The highest BCUT2D eigenvalue weighted by Gasteiger charge is 1.94. The number of carbonyl (C=O) groups excluding carboxylic acids is 1. The number of ether oxygens (including phenoxy) is 1. The molecule has 0 saturated heterocycles. The lowest BCUT2D eigenvalue weighted by Crippen LogP contribution is -2.02. The van der Waals surface area contributed by atoms with E-state index in [1.807, 2.05) is 6.08 Å². The van der Waals surface area contributed by atoms with Crippen molar-refractivity contribution in [3.05, 3.63) is 11.6 Å². The monoisotopic (exact) mass is 170 g/mol. The van der Waals surface area contributed by atoms with Crippen LogP contribution in [0.3, 0.4) is 0 Å². The Bertz CT molecular complexity index is 159. The molecule has 0 N–H and O–H groups in total. The fraction of sp³-hybridized carbons (Fsp3) is 0.700. The molecule has 0 aliphatic rings. The fourth-order valence-corrected chi connectivity index (χ4v) is 0.875. The fourth-order valence-electron chi connectivity index (χ4n) is 0.875. The van der Waals surface area contributed by atoms with Gasteiger partial charge < -0.3 is 4.74 Å². The Morgan fingerprint density at radius 3 is 2.58 bits per heavy atom. The molecular weight excluding hydrogens is 152 g/mol. The predicted octanol–water partition coefficient (Wildman–Crippen LogP) is 2.69. The van der Waals surface area contributed by atoms with Crippen molar-refractivity contribution in [2.75, 3.05) is 6.61 Å². The van der Waals surface area contributed by atoms with E-state index < -0.39 is 0 Å². The molecule has 0 aromatic rings. The van der Waals surface area contributed by atoms with Crippen molar-refractivity contribution in [2.24, 2.45) is 0 Å². The van der Waals surface area contributed by atoms with Crippen LogP contribution in [0.25, 0.3) is 0 Å². The van der Waals surface area contributed by atoms with Crippen molar-refractivity contribution in [2.45, 2.75) is 40.0 Å². The maximum absolute atomic E-state index is 10.7. The van der Waals surface area contributed by atoms with Crippen molar-refractivity contribution in [1.29, 1.82) is 0 Å². The van der Waals surface area contributed by atoms with Crippen LogP contribution in [0.15, 0.2) is 11.6 Å². The van der Waals surface area contributed by atoms with E-state index in [9.17, 15) is 4.79 Å². The summed E-state index contributed by atoms with van der Waals surface area (Å²) < 4.78 is 4.89. The van der Waals surface area contributed by atoms with Gasteiger partial charge in [-0.25, -0.2) is 0 Å². The summed E-state index contributed by atoms with van der Waals surface area (Å²) in [5.41, 5.74) is 1.29. The van der Waals surface area contributed by atoms with E-state index in [4.69, 9.17) is 4.74 Å². The Morgan fingerprint density at radius 1 is 1.42 bits per heavy atom. The molecule has 0 aliphatic carbocycles. The topological polar surface area (TPSA) is 26.3 Å². The maximum Gasteiger partial charge on any atom is 0.305 e. The van der Waals surface area contributed by atoms with Gasteiger partial charge >= 0.3 is 5.97 Å². The summed E-state index contributed by atoms with van der Waals surface area (Å²) in [5, 5.41) is 0. The summed E-state index contributed by atoms with van der Waals surface area (Å²) >= 11 is 0. The second-order valence-electron chi connectivity index (χ2n) is 2.84. The lowest BCUT2D eigenvalue weighted by atomic mass is 10.2. The molecule has 0 fully saturated rings. The van der Waals surface area contributed by atoms with E-state index in [0.717, 1.165) is 12.8 Å². The first kappa shape index (κ1) is 11.2. The Morgan fingerprint density at radius 2 is 2.08 bits per heavy atom. The van der Waals surface area contributed by atoms with Gasteiger partial charge in [-0.05, 0) is 19.4 Å². The minimum Gasteiger partial charge on any atom is -0.461 e. The van der Waals surface area contributed by atoms with E-state index in [1.165, 1.54) is 5.57 Å². The molecule has 0 spiro atoms. The van der Waals surface area contributed by atoms with E-state index >= 15 is 0 Å². The smallest absolute Gasteiger partial charge is 0.305 e. The second kappa shape index (κ2) is 6.89. The number of hydrogen-bond acceptors (Lipinski definition) is 2. The minimum atomic E-state index is -0.129. The van der Waals surface area contributed by atoms with Gasteiger partial charge in [0.05, 0.1) is 0 Å². The summed E-state index contributed by atoms with van der Waals surface area (Å²) in [6.45, 7) is 6.42.